The molecule has 6 heteroatoms. The summed E-state index contributed by atoms with van der Waals surface area (Å²) in [6.07, 6.45) is 4.35. The Labute approximate surface area is 105 Å². The molecular weight excluding hydrogens is 252 g/mol. The van der Waals surface area contributed by atoms with E-state index in [1.807, 2.05) is 0 Å². The van der Waals surface area contributed by atoms with E-state index in [1.54, 1.807) is 0 Å². The molecule has 0 amide bonds. The maximum absolute atomic E-state index is 14.2. The van der Waals surface area contributed by atoms with Gasteiger partial charge in [0.25, 0.3) is 0 Å². The first kappa shape index (κ1) is 13.6. The Morgan fingerprint density at radius 2 is 1.88 bits per heavy atom. The Morgan fingerprint density at radius 3 is 2.44 bits per heavy atom. The van der Waals surface area contributed by atoms with E-state index in [-0.39, 0.29) is 18.8 Å². The molecule has 1 aliphatic rings. The lowest BCUT2D eigenvalue weighted by molar-refractivity contribution is 0.113. The minimum atomic E-state index is -1.15. The van der Waals surface area contributed by atoms with Gasteiger partial charge in [0.15, 0.2) is 0 Å². The zero-order valence-corrected chi connectivity index (χ0v) is 10.3. The molecule has 0 spiro atoms. The molecule has 1 aliphatic heterocycles. The Balaban J connectivity index is 0.00000128. The van der Waals surface area contributed by atoms with Crippen LogP contribution in [0.5, 0.6) is 0 Å². The van der Waals surface area contributed by atoms with Gasteiger partial charge < -0.3 is 5.32 Å². The normalized spacial score (nSPS) is 18.9. The number of rotatable bonds is 2. The molecule has 90 valence electrons. The van der Waals surface area contributed by atoms with Gasteiger partial charge in [-0.05, 0) is 25.9 Å². The maximum atomic E-state index is 14.2. The van der Waals surface area contributed by atoms with Crippen molar-refractivity contribution >= 4 is 24.0 Å². The number of hydrogen-bond acceptors (Lipinski definition) is 3. The average molecular weight is 266 g/mol. The first-order valence-corrected chi connectivity index (χ1v) is 5.42. The Hall–Kier alpha value is -0.450. The van der Waals surface area contributed by atoms with E-state index in [2.05, 4.69) is 15.3 Å². The van der Waals surface area contributed by atoms with Crippen molar-refractivity contribution in [3.8, 4) is 0 Å². The van der Waals surface area contributed by atoms with Crippen molar-refractivity contribution in [2.75, 3.05) is 13.1 Å². The van der Waals surface area contributed by atoms with Crippen LogP contribution in [0.1, 0.15) is 18.7 Å². The standard InChI is InChI=1S/C10H13ClFN3.ClH/c11-8-6-14-9(15-7-8)5-10(12)1-3-13-4-2-10;/h6-7,13H,1-5H2;1H. The van der Waals surface area contributed by atoms with Crippen molar-refractivity contribution in [3.05, 3.63) is 23.2 Å². The molecule has 0 aromatic carbocycles. The summed E-state index contributed by atoms with van der Waals surface area (Å²) in [6, 6.07) is 0. The molecule has 0 aliphatic carbocycles. The summed E-state index contributed by atoms with van der Waals surface area (Å²) < 4.78 is 14.2. The highest BCUT2D eigenvalue weighted by Crippen LogP contribution is 2.26. The lowest BCUT2D eigenvalue weighted by Crippen LogP contribution is -2.40. The van der Waals surface area contributed by atoms with Gasteiger partial charge in [-0.15, -0.1) is 12.4 Å². The van der Waals surface area contributed by atoms with Crippen LogP contribution in [-0.4, -0.2) is 28.7 Å². The van der Waals surface area contributed by atoms with E-state index in [0.29, 0.717) is 23.7 Å². The van der Waals surface area contributed by atoms with Crippen LogP contribution >= 0.6 is 24.0 Å². The van der Waals surface area contributed by atoms with E-state index >= 15 is 0 Å². The molecule has 1 aromatic heterocycles. The Kier molecular flexibility index (Phi) is 4.89. The predicted molar refractivity (Wildman–Crippen MR) is 63.9 cm³/mol. The molecule has 1 fully saturated rings. The second-order valence-corrected chi connectivity index (χ2v) is 4.33. The summed E-state index contributed by atoms with van der Waals surface area (Å²) in [5, 5.41) is 3.62. The van der Waals surface area contributed by atoms with Gasteiger partial charge in [-0.1, -0.05) is 11.6 Å². The summed E-state index contributed by atoms with van der Waals surface area (Å²) in [7, 11) is 0. The first-order chi connectivity index (χ1) is 7.18. The van der Waals surface area contributed by atoms with Crippen LogP contribution in [0.25, 0.3) is 0 Å². The number of hydrogen-bond donors (Lipinski definition) is 1. The van der Waals surface area contributed by atoms with Crippen LogP contribution in [0.15, 0.2) is 12.4 Å². The van der Waals surface area contributed by atoms with Gasteiger partial charge in [0, 0.05) is 18.8 Å². The summed E-state index contributed by atoms with van der Waals surface area (Å²) >= 11 is 5.66. The van der Waals surface area contributed by atoms with Crippen molar-refractivity contribution in [3.63, 3.8) is 0 Å². The van der Waals surface area contributed by atoms with Gasteiger partial charge in [0.05, 0.1) is 5.02 Å². The summed E-state index contributed by atoms with van der Waals surface area (Å²) in [6.45, 7) is 1.45. The fraction of sp³-hybridized carbons (Fsp3) is 0.600. The molecule has 1 N–H and O–H groups in total. The lowest BCUT2D eigenvalue weighted by Gasteiger charge is -2.29. The topological polar surface area (TPSA) is 37.8 Å². The fourth-order valence-electron chi connectivity index (χ4n) is 1.77. The molecule has 1 aromatic rings. The summed E-state index contributed by atoms with van der Waals surface area (Å²) in [4.78, 5) is 8.03. The van der Waals surface area contributed by atoms with Crippen LogP contribution in [-0.2, 0) is 6.42 Å². The van der Waals surface area contributed by atoms with Gasteiger partial charge in [-0.3, -0.25) is 0 Å². The van der Waals surface area contributed by atoms with Gasteiger partial charge in [0.2, 0.25) is 0 Å². The number of aromatic nitrogens is 2. The number of piperidine rings is 1. The molecule has 2 rings (SSSR count). The molecule has 16 heavy (non-hydrogen) atoms. The number of halogens is 3. The van der Waals surface area contributed by atoms with E-state index in [0.717, 1.165) is 13.1 Å². The second-order valence-electron chi connectivity index (χ2n) is 3.90. The third-order valence-electron chi connectivity index (χ3n) is 2.65. The molecule has 0 saturated carbocycles. The minimum Gasteiger partial charge on any atom is -0.316 e. The molecule has 0 unspecified atom stereocenters. The van der Waals surface area contributed by atoms with Gasteiger partial charge in [0.1, 0.15) is 11.5 Å². The molecule has 0 atom stereocenters. The summed E-state index contributed by atoms with van der Waals surface area (Å²) in [5.74, 6) is 0.531. The van der Waals surface area contributed by atoms with E-state index in [1.165, 1.54) is 12.4 Å². The van der Waals surface area contributed by atoms with Crippen LogP contribution in [0.3, 0.4) is 0 Å². The number of nitrogens with one attached hydrogen (secondary N) is 1. The highest BCUT2D eigenvalue weighted by Gasteiger charge is 2.32. The van der Waals surface area contributed by atoms with Crippen molar-refractivity contribution in [1.82, 2.24) is 15.3 Å². The Morgan fingerprint density at radius 1 is 1.31 bits per heavy atom. The quantitative estimate of drug-likeness (QED) is 0.891. The zero-order valence-electron chi connectivity index (χ0n) is 8.75. The SMILES string of the molecule is Cl.FC1(Cc2ncc(Cl)cn2)CCNCC1. The average Bonchev–Trinajstić information content (AvgIpc) is 2.22. The van der Waals surface area contributed by atoms with Crippen LogP contribution in [0, 0.1) is 0 Å². The van der Waals surface area contributed by atoms with Crippen molar-refractivity contribution in [2.24, 2.45) is 0 Å². The van der Waals surface area contributed by atoms with E-state index < -0.39 is 5.67 Å². The largest absolute Gasteiger partial charge is 0.316 e. The molecule has 1 saturated heterocycles. The van der Waals surface area contributed by atoms with Crippen LogP contribution < -0.4 is 5.32 Å². The van der Waals surface area contributed by atoms with Gasteiger partial charge >= 0.3 is 0 Å². The molecular formula is C10H14Cl2FN3. The fourth-order valence-corrected chi connectivity index (χ4v) is 1.86. The van der Waals surface area contributed by atoms with E-state index in [9.17, 15) is 4.39 Å². The number of nitrogens with zero attached hydrogens (tertiary/aromatic N) is 2. The first-order valence-electron chi connectivity index (χ1n) is 5.04. The van der Waals surface area contributed by atoms with Gasteiger partial charge in [-0.25, -0.2) is 14.4 Å². The van der Waals surface area contributed by atoms with Crippen LogP contribution in [0.2, 0.25) is 5.02 Å². The van der Waals surface area contributed by atoms with Crippen molar-refractivity contribution in [2.45, 2.75) is 24.9 Å². The highest BCUT2D eigenvalue weighted by atomic mass is 35.5. The van der Waals surface area contributed by atoms with Crippen LogP contribution in [0.4, 0.5) is 4.39 Å². The van der Waals surface area contributed by atoms with E-state index in [4.69, 9.17) is 11.6 Å². The maximum Gasteiger partial charge on any atom is 0.131 e. The molecule has 0 radical (unpaired) electrons. The third-order valence-corrected chi connectivity index (χ3v) is 2.84. The Bertz CT molecular complexity index is 325. The third kappa shape index (κ3) is 3.54. The smallest absolute Gasteiger partial charge is 0.131 e. The van der Waals surface area contributed by atoms with Gasteiger partial charge in [-0.2, -0.15) is 0 Å². The molecule has 2 heterocycles. The van der Waals surface area contributed by atoms with Crippen molar-refractivity contribution in [1.29, 1.82) is 0 Å². The lowest BCUT2D eigenvalue weighted by atomic mass is 9.91. The second kappa shape index (κ2) is 5.75. The number of alkyl halides is 1. The molecule has 3 nitrogen and oxygen atoms in total. The molecule has 0 bridgehead atoms. The monoisotopic (exact) mass is 265 g/mol. The predicted octanol–water partition coefficient (Wildman–Crippen LogP) is 2.19. The minimum absolute atomic E-state index is 0. The highest BCUT2D eigenvalue weighted by molar-refractivity contribution is 6.30. The van der Waals surface area contributed by atoms with Crippen molar-refractivity contribution < 1.29 is 4.39 Å². The zero-order chi connectivity index (χ0) is 10.7. The summed E-state index contributed by atoms with van der Waals surface area (Å²) in [5.41, 5.74) is -1.15.